The van der Waals surface area contributed by atoms with Crippen LogP contribution in [0.4, 0.5) is 5.82 Å². The van der Waals surface area contributed by atoms with Crippen molar-refractivity contribution < 1.29 is 4.79 Å². The SMILES string of the molecule is CNCCC(=O)Nc1cc(C(C)(C)C)nn1-c1ccccc1C. The number of hydrogen-bond acceptors (Lipinski definition) is 3. The third-order valence-corrected chi connectivity index (χ3v) is 3.69. The molecule has 0 aliphatic heterocycles. The van der Waals surface area contributed by atoms with Gasteiger partial charge in [-0.05, 0) is 25.6 Å². The van der Waals surface area contributed by atoms with Crippen molar-refractivity contribution in [1.29, 1.82) is 0 Å². The van der Waals surface area contributed by atoms with E-state index in [-0.39, 0.29) is 11.3 Å². The van der Waals surface area contributed by atoms with Crippen LogP contribution in [0.2, 0.25) is 0 Å². The van der Waals surface area contributed by atoms with Crippen molar-refractivity contribution in [2.75, 3.05) is 18.9 Å². The summed E-state index contributed by atoms with van der Waals surface area (Å²) in [7, 11) is 1.84. The van der Waals surface area contributed by atoms with E-state index in [9.17, 15) is 4.79 Å². The minimum absolute atomic E-state index is 0.0189. The molecule has 5 nitrogen and oxygen atoms in total. The van der Waals surface area contributed by atoms with Crippen LogP contribution in [0.1, 0.15) is 38.4 Å². The van der Waals surface area contributed by atoms with E-state index in [1.165, 1.54) is 0 Å². The zero-order valence-electron chi connectivity index (χ0n) is 14.6. The topological polar surface area (TPSA) is 59.0 Å². The van der Waals surface area contributed by atoms with Gasteiger partial charge in [0.1, 0.15) is 5.82 Å². The average molecular weight is 314 g/mol. The van der Waals surface area contributed by atoms with Crippen molar-refractivity contribution in [3.8, 4) is 5.69 Å². The van der Waals surface area contributed by atoms with Gasteiger partial charge in [0.2, 0.25) is 5.91 Å². The van der Waals surface area contributed by atoms with E-state index in [2.05, 4.69) is 31.4 Å². The monoisotopic (exact) mass is 314 g/mol. The maximum atomic E-state index is 12.1. The molecule has 0 bridgehead atoms. The number of nitrogens with one attached hydrogen (secondary N) is 2. The zero-order valence-corrected chi connectivity index (χ0v) is 14.6. The number of anilines is 1. The molecule has 2 rings (SSSR count). The molecule has 1 aromatic heterocycles. The minimum atomic E-state index is -0.0849. The molecule has 1 aromatic carbocycles. The lowest BCUT2D eigenvalue weighted by molar-refractivity contribution is -0.116. The quantitative estimate of drug-likeness (QED) is 0.892. The zero-order chi connectivity index (χ0) is 17.0. The molecule has 1 heterocycles. The van der Waals surface area contributed by atoms with Crippen LogP contribution in [0.15, 0.2) is 30.3 Å². The molecule has 0 radical (unpaired) electrons. The summed E-state index contributed by atoms with van der Waals surface area (Å²) >= 11 is 0. The van der Waals surface area contributed by atoms with Crippen molar-refractivity contribution in [1.82, 2.24) is 15.1 Å². The Kier molecular flexibility index (Phi) is 5.21. The van der Waals surface area contributed by atoms with Gasteiger partial charge in [-0.25, -0.2) is 4.68 Å². The summed E-state index contributed by atoms with van der Waals surface area (Å²) in [5, 5.41) is 10.7. The number of carbonyl (C=O) groups excluding carboxylic acids is 1. The fraction of sp³-hybridized carbons (Fsp3) is 0.444. The number of aromatic nitrogens is 2. The fourth-order valence-corrected chi connectivity index (χ4v) is 2.27. The Bertz CT molecular complexity index is 683. The summed E-state index contributed by atoms with van der Waals surface area (Å²) < 4.78 is 1.83. The number of benzene rings is 1. The summed E-state index contributed by atoms with van der Waals surface area (Å²) in [6, 6.07) is 9.99. The van der Waals surface area contributed by atoms with Gasteiger partial charge in [-0.1, -0.05) is 39.0 Å². The second-order valence-corrected chi connectivity index (χ2v) is 6.76. The first-order valence-electron chi connectivity index (χ1n) is 7.94. The minimum Gasteiger partial charge on any atom is -0.319 e. The Morgan fingerprint density at radius 2 is 1.96 bits per heavy atom. The van der Waals surface area contributed by atoms with Crippen molar-refractivity contribution >= 4 is 11.7 Å². The third kappa shape index (κ3) is 4.20. The standard InChI is InChI=1S/C18H26N4O/c1-13-8-6-7-9-14(13)22-16(20-17(23)10-11-19-5)12-15(21-22)18(2,3)4/h6-9,12,19H,10-11H2,1-5H3,(H,20,23). The molecule has 1 amide bonds. The maximum Gasteiger partial charge on any atom is 0.226 e. The largest absolute Gasteiger partial charge is 0.319 e. The van der Waals surface area contributed by atoms with Crippen LogP contribution in [-0.4, -0.2) is 29.3 Å². The number of nitrogens with zero attached hydrogens (tertiary/aromatic N) is 2. The molecule has 0 fully saturated rings. The fourth-order valence-electron chi connectivity index (χ4n) is 2.27. The molecular weight excluding hydrogens is 288 g/mol. The number of hydrogen-bond donors (Lipinski definition) is 2. The van der Waals surface area contributed by atoms with Crippen LogP contribution in [0.25, 0.3) is 5.69 Å². The van der Waals surface area contributed by atoms with Crippen molar-refractivity contribution in [2.24, 2.45) is 0 Å². The van der Waals surface area contributed by atoms with Gasteiger partial charge in [-0.3, -0.25) is 4.79 Å². The highest BCUT2D eigenvalue weighted by atomic mass is 16.1. The van der Waals surface area contributed by atoms with Crippen molar-refractivity contribution in [3.05, 3.63) is 41.6 Å². The van der Waals surface area contributed by atoms with Crippen LogP contribution in [0, 0.1) is 6.92 Å². The second-order valence-electron chi connectivity index (χ2n) is 6.76. The van der Waals surface area contributed by atoms with Gasteiger partial charge in [0.15, 0.2) is 0 Å². The molecule has 5 heteroatoms. The lowest BCUT2D eigenvalue weighted by Gasteiger charge is -2.14. The Labute approximate surface area is 138 Å². The summed E-state index contributed by atoms with van der Waals surface area (Å²) in [5.41, 5.74) is 2.96. The number of rotatable bonds is 5. The van der Waals surface area contributed by atoms with Crippen LogP contribution in [0.3, 0.4) is 0 Å². The summed E-state index contributed by atoms with van der Waals surface area (Å²) in [5.74, 6) is 0.694. The average Bonchev–Trinajstić information content (AvgIpc) is 2.89. The highest BCUT2D eigenvalue weighted by molar-refractivity contribution is 5.90. The van der Waals surface area contributed by atoms with Gasteiger partial charge in [-0.15, -0.1) is 0 Å². The van der Waals surface area contributed by atoms with Crippen LogP contribution < -0.4 is 10.6 Å². The molecule has 0 saturated carbocycles. The Balaban J connectivity index is 2.41. The van der Waals surface area contributed by atoms with Crippen molar-refractivity contribution in [2.45, 2.75) is 39.5 Å². The number of aryl methyl sites for hydroxylation is 1. The molecule has 0 atom stereocenters. The van der Waals surface area contributed by atoms with Gasteiger partial charge < -0.3 is 10.6 Å². The molecule has 124 valence electrons. The molecule has 2 N–H and O–H groups in total. The van der Waals surface area contributed by atoms with E-state index < -0.39 is 0 Å². The molecule has 0 aliphatic carbocycles. The first-order valence-corrected chi connectivity index (χ1v) is 7.94. The summed E-state index contributed by atoms with van der Waals surface area (Å²) in [4.78, 5) is 12.1. The Morgan fingerprint density at radius 1 is 1.26 bits per heavy atom. The highest BCUT2D eigenvalue weighted by Crippen LogP contribution is 2.27. The predicted octanol–water partition coefficient (Wildman–Crippen LogP) is 3.03. The van der Waals surface area contributed by atoms with Crippen molar-refractivity contribution in [3.63, 3.8) is 0 Å². The van der Waals surface area contributed by atoms with Gasteiger partial charge in [0.25, 0.3) is 0 Å². The normalized spacial score (nSPS) is 11.5. The third-order valence-electron chi connectivity index (χ3n) is 3.69. The molecule has 0 saturated heterocycles. The first-order chi connectivity index (χ1) is 10.8. The number of carbonyl (C=O) groups is 1. The first kappa shape index (κ1) is 17.2. The summed E-state index contributed by atoms with van der Waals surface area (Å²) in [6.45, 7) is 9.04. The van der Waals surface area contributed by atoms with Gasteiger partial charge in [0.05, 0.1) is 11.4 Å². The van der Waals surface area contributed by atoms with Crippen LogP contribution >= 0.6 is 0 Å². The Morgan fingerprint density at radius 3 is 2.57 bits per heavy atom. The van der Waals surface area contributed by atoms with Gasteiger partial charge >= 0.3 is 0 Å². The Hall–Kier alpha value is -2.14. The van der Waals surface area contributed by atoms with E-state index >= 15 is 0 Å². The molecular formula is C18H26N4O. The highest BCUT2D eigenvalue weighted by Gasteiger charge is 2.21. The number of amides is 1. The molecule has 2 aromatic rings. The maximum absolute atomic E-state index is 12.1. The molecule has 0 aliphatic rings. The molecule has 0 unspecified atom stereocenters. The molecule has 23 heavy (non-hydrogen) atoms. The summed E-state index contributed by atoms with van der Waals surface area (Å²) in [6.07, 6.45) is 0.431. The van der Waals surface area contributed by atoms with Gasteiger partial charge in [-0.2, -0.15) is 5.10 Å². The lowest BCUT2D eigenvalue weighted by atomic mass is 9.92. The van der Waals surface area contributed by atoms with E-state index in [1.54, 1.807) is 0 Å². The smallest absolute Gasteiger partial charge is 0.226 e. The van der Waals surface area contributed by atoms with Crippen LogP contribution in [-0.2, 0) is 10.2 Å². The van der Waals surface area contributed by atoms with E-state index in [4.69, 9.17) is 5.10 Å². The second kappa shape index (κ2) is 6.96. The number of para-hydroxylation sites is 1. The van der Waals surface area contributed by atoms with E-state index in [0.717, 1.165) is 16.9 Å². The van der Waals surface area contributed by atoms with E-state index in [0.29, 0.717) is 18.8 Å². The predicted molar refractivity (Wildman–Crippen MR) is 94.2 cm³/mol. The lowest BCUT2D eigenvalue weighted by Crippen LogP contribution is -2.20. The molecule has 0 spiro atoms. The van der Waals surface area contributed by atoms with Crippen LogP contribution in [0.5, 0.6) is 0 Å². The van der Waals surface area contributed by atoms with Gasteiger partial charge in [0, 0.05) is 24.4 Å². The van der Waals surface area contributed by atoms with E-state index in [1.807, 2.05) is 49.0 Å².